The summed E-state index contributed by atoms with van der Waals surface area (Å²) in [7, 11) is 1.70. The lowest BCUT2D eigenvalue weighted by Gasteiger charge is -2.33. The normalized spacial score (nSPS) is 45.3. The first-order valence-corrected chi connectivity index (χ1v) is 5.93. The minimum absolute atomic E-state index is 0.0155. The van der Waals surface area contributed by atoms with Crippen molar-refractivity contribution in [3.8, 4) is 0 Å². The minimum atomic E-state index is -1.54. The van der Waals surface area contributed by atoms with E-state index in [4.69, 9.17) is 4.74 Å². The number of halogens is 2. The number of hydrogen-bond donors (Lipinski definition) is 0. The van der Waals surface area contributed by atoms with E-state index < -0.39 is 6.08 Å². The lowest BCUT2D eigenvalue weighted by Crippen LogP contribution is -2.44. The Morgan fingerprint density at radius 2 is 2.31 bits per heavy atom. The fraction of sp³-hybridized carbons (Fsp3) is 0.833. The van der Waals surface area contributed by atoms with Gasteiger partial charge in [0, 0.05) is 25.2 Å². The van der Waals surface area contributed by atoms with E-state index in [0.717, 1.165) is 31.4 Å². The van der Waals surface area contributed by atoms with Crippen LogP contribution in [-0.2, 0) is 4.74 Å². The molecular weight excluding hydrogens is 212 g/mol. The maximum absolute atomic E-state index is 12.3. The van der Waals surface area contributed by atoms with Gasteiger partial charge in [-0.05, 0) is 37.2 Å². The molecule has 4 heteroatoms. The Labute approximate surface area is 94.3 Å². The summed E-state index contributed by atoms with van der Waals surface area (Å²) in [5, 5.41) is 0. The van der Waals surface area contributed by atoms with Crippen molar-refractivity contribution in [2.24, 2.45) is 11.8 Å². The summed E-state index contributed by atoms with van der Waals surface area (Å²) in [6.07, 6.45) is 2.84. The summed E-state index contributed by atoms with van der Waals surface area (Å²) >= 11 is 0. The van der Waals surface area contributed by atoms with Crippen LogP contribution in [0.15, 0.2) is 12.2 Å². The molecule has 1 aliphatic carbocycles. The van der Waals surface area contributed by atoms with Gasteiger partial charge in [-0.15, -0.1) is 0 Å². The summed E-state index contributed by atoms with van der Waals surface area (Å²) in [6, 6.07) is 0.663. The second-order valence-electron chi connectivity index (χ2n) is 5.50. The molecule has 0 amide bonds. The van der Waals surface area contributed by atoms with Crippen molar-refractivity contribution in [1.29, 1.82) is 0 Å². The fourth-order valence-corrected chi connectivity index (χ4v) is 3.88. The lowest BCUT2D eigenvalue weighted by molar-refractivity contribution is 0.0499. The van der Waals surface area contributed by atoms with Gasteiger partial charge in [0.1, 0.15) is 0 Å². The Morgan fingerprint density at radius 1 is 1.50 bits per heavy atom. The third-order valence-corrected chi connectivity index (χ3v) is 4.39. The van der Waals surface area contributed by atoms with Crippen molar-refractivity contribution >= 4 is 0 Å². The van der Waals surface area contributed by atoms with Crippen molar-refractivity contribution in [3.05, 3.63) is 12.2 Å². The first kappa shape index (κ1) is 10.7. The molecular formula is C12H17F2NO. The highest BCUT2D eigenvalue weighted by Gasteiger charge is 2.62. The summed E-state index contributed by atoms with van der Waals surface area (Å²) in [5.74, 6) is 0.831. The number of methoxy groups -OCH3 is 1. The molecule has 4 atom stereocenters. The fourth-order valence-electron chi connectivity index (χ4n) is 3.88. The molecule has 2 unspecified atom stereocenters. The number of ether oxygens (including phenoxy) is 1. The highest BCUT2D eigenvalue weighted by Crippen LogP contribution is 2.58. The van der Waals surface area contributed by atoms with Crippen LogP contribution in [0.2, 0.25) is 0 Å². The predicted octanol–water partition coefficient (Wildman–Crippen LogP) is 2.27. The third-order valence-electron chi connectivity index (χ3n) is 4.39. The van der Waals surface area contributed by atoms with E-state index in [-0.39, 0.29) is 11.5 Å². The summed E-state index contributed by atoms with van der Waals surface area (Å²) in [6.45, 7) is 1.49. The maximum atomic E-state index is 12.3. The molecule has 0 radical (unpaired) electrons. The Hall–Kier alpha value is -0.480. The molecule has 0 N–H and O–H groups in total. The molecule has 0 spiro atoms. The molecule has 2 aliphatic heterocycles. The van der Waals surface area contributed by atoms with Gasteiger partial charge in [0.2, 0.25) is 0 Å². The summed E-state index contributed by atoms with van der Waals surface area (Å²) in [5.41, 5.74) is 0.0684. The quantitative estimate of drug-likeness (QED) is 0.736. The topological polar surface area (TPSA) is 12.5 Å². The lowest BCUT2D eigenvalue weighted by atomic mass is 9.89. The monoisotopic (exact) mass is 229 g/mol. The van der Waals surface area contributed by atoms with Gasteiger partial charge in [0.25, 0.3) is 6.08 Å². The van der Waals surface area contributed by atoms with Crippen LogP contribution in [0.5, 0.6) is 0 Å². The van der Waals surface area contributed by atoms with Gasteiger partial charge < -0.3 is 4.74 Å². The zero-order chi connectivity index (χ0) is 11.3. The van der Waals surface area contributed by atoms with E-state index in [2.05, 4.69) is 4.90 Å². The largest absolute Gasteiger partial charge is 0.383 e. The zero-order valence-corrected chi connectivity index (χ0v) is 9.46. The van der Waals surface area contributed by atoms with Crippen LogP contribution < -0.4 is 0 Å². The minimum Gasteiger partial charge on any atom is -0.383 e. The zero-order valence-electron chi connectivity index (χ0n) is 9.46. The SMILES string of the molecule is COC[C@]12CC3CC3N1C[C@@H](C=C(F)F)C2. The van der Waals surface area contributed by atoms with Gasteiger partial charge in [-0.1, -0.05) is 0 Å². The molecule has 16 heavy (non-hydrogen) atoms. The van der Waals surface area contributed by atoms with Crippen LogP contribution in [0.25, 0.3) is 0 Å². The van der Waals surface area contributed by atoms with Crippen LogP contribution in [-0.4, -0.2) is 36.7 Å². The first-order valence-electron chi connectivity index (χ1n) is 5.93. The Bertz CT molecular complexity index is 329. The van der Waals surface area contributed by atoms with Gasteiger partial charge in [-0.3, -0.25) is 4.90 Å². The van der Waals surface area contributed by atoms with Crippen molar-refractivity contribution in [2.45, 2.75) is 30.8 Å². The van der Waals surface area contributed by atoms with Crippen molar-refractivity contribution < 1.29 is 13.5 Å². The smallest absolute Gasteiger partial charge is 0.266 e. The van der Waals surface area contributed by atoms with Crippen molar-refractivity contribution in [1.82, 2.24) is 4.90 Å². The number of piperidine rings is 1. The van der Waals surface area contributed by atoms with Gasteiger partial charge >= 0.3 is 0 Å². The van der Waals surface area contributed by atoms with Gasteiger partial charge in [0.05, 0.1) is 6.61 Å². The molecule has 2 saturated heterocycles. The van der Waals surface area contributed by atoms with Gasteiger partial charge in [-0.25, -0.2) is 0 Å². The molecule has 0 aromatic heterocycles. The van der Waals surface area contributed by atoms with Crippen LogP contribution in [0.3, 0.4) is 0 Å². The first-order chi connectivity index (χ1) is 7.64. The molecule has 0 aromatic carbocycles. The number of fused-ring (bicyclic) bond motifs is 3. The maximum Gasteiger partial charge on any atom is 0.266 e. The second kappa shape index (κ2) is 3.50. The Balaban J connectivity index is 1.78. The van der Waals surface area contributed by atoms with Crippen LogP contribution in [0.4, 0.5) is 8.78 Å². The Morgan fingerprint density at radius 3 is 3.00 bits per heavy atom. The van der Waals surface area contributed by atoms with Crippen molar-refractivity contribution in [3.63, 3.8) is 0 Å². The molecule has 0 aromatic rings. The summed E-state index contributed by atoms with van der Waals surface area (Å²) in [4.78, 5) is 2.44. The molecule has 2 nitrogen and oxygen atoms in total. The summed E-state index contributed by atoms with van der Waals surface area (Å²) < 4.78 is 29.9. The van der Waals surface area contributed by atoms with Gasteiger partial charge in [0.15, 0.2) is 0 Å². The number of hydrogen-bond acceptors (Lipinski definition) is 2. The third kappa shape index (κ3) is 1.51. The highest BCUT2D eigenvalue weighted by molar-refractivity contribution is 5.19. The molecule has 3 aliphatic rings. The molecule has 2 heterocycles. The second-order valence-corrected chi connectivity index (χ2v) is 5.50. The van der Waals surface area contributed by atoms with E-state index in [1.165, 1.54) is 6.42 Å². The van der Waals surface area contributed by atoms with E-state index in [9.17, 15) is 8.78 Å². The number of nitrogens with zero attached hydrogens (tertiary/aromatic N) is 1. The van der Waals surface area contributed by atoms with Crippen LogP contribution in [0, 0.1) is 11.8 Å². The van der Waals surface area contributed by atoms with E-state index in [1.54, 1.807) is 7.11 Å². The van der Waals surface area contributed by atoms with E-state index in [0.29, 0.717) is 12.6 Å². The van der Waals surface area contributed by atoms with Crippen LogP contribution >= 0.6 is 0 Å². The average molecular weight is 229 g/mol. The standard InChI is InChI=1S/C12H17F2NO/c1-16-7-12-4-8(2-11(13)14)6-15(12)10-3-9(10)5-12/h2,8-10H,3-7H2,1H3/t8-,9?,10?,12-/m0/s1. The van der Waals surface area contributed by atoms with E-state index in [1.807, 2.05) is 0 Å². The van der Waals surface area contributed by atoms with Gasteiger partial charge in [-0.2, -0.15) is 8.78 Å². The number of rotatable bonds is 3. The van der Waals surface area contributed by atoms with Crippen LogP contribution in [0.1, 0.15) is 19.3 Å². The molecule has 3 fully saturated rings. The molecule has 3 rings (SSSR count). The molecule has 0 bridgehead atoms. The van der Waals surface area contributed by atoms with E-state index >= 15 is 0 Å². The Kier molecular flexibility index (Phi) is 2.33. The predicted molar refractivity (Wildman–Crippen MR) is 56.2 cm³/mol. The highest BCUT2D eigenvalue weighted by atomic mass is 19.3. The van der Waals surface area contributed by atoms with Crippen molar-refractivity contribution in [2.75, 3.05) is 20.3 Å². The molecule has 1 saturated carbocycles. The average Bonchev–Trinajstić information content (AvgIpc) is 2.73. The molecule has 90 valence electrons.